The number of halogens is 4. The molecule has 96 valence electrons. The molecule has 0 aliphatic carbocycles. The molecule has 0 heterocycles. The summed E-state index contributed by atoms with van der Waals surface area (Å²) in [4.78, 5) is 0. The summed E-state index contributed by atoms with van der Waals surface area (Å²) in [5.74, 6) is 0.158. The Morgan fingerprint density at radius 1 is 1.29 bits per heavy atom. The maximum absolute atomic E-state index is 12.3. The Bertz CT molecular complexity index is 393. The minimum atomic E-state index is -4.37. The van der Waals surface area contributed by atoms with Gasteiger partial charge in [-0.2, -0.15) is 13.2 Å². The molecular weight excluding hydrogens is 299 g/mol. The summed E-state index contributed by atoms with van der Waals surface area (Å²) in [6.45, 7) is 2.76. The van der Waals surface area contributed by atoms with E-state index in [-0.39, 0.29) is 11.8 Å². The first-order valence-corrected chi connectivity index (χ1v) is 5.79. The van der Waals surface area contributed by atoms with Gasteiger partial charge in [-0.3, -0.25) is 0 Å². The molecule has 0 fully saturated rings. The molecule has 0 aromatic heterocycles. The van der Waals surface area contributed by atoms with Crippen molar-refractivity contribution >= 4 is 15.9 Å². The second kappa shape index (κ2) is 5.27. The van der Waals surface area contributed by atoms with Gasteiger partial charge in [-0.25, -0.2) is 0 Å². The van der Waals surface area contributed by atoms with Gasteiger partial charge in [0.25, 0.3) is 0 Å². The second-order valence-electron chi connectivity index (χ2n) is 3.77. The summed E-state index contributed by atoms with van der Waals surface area (Å²) in [5.41, 5.74) is 6.50. The zero-order valence-electron chi connectivity index (χ0n) is 9.38. The van der Waals surface area contributed by atoms with Crippen LogP contribution in [-0.4, -0.2) is 12.3 Å². The lowest BCUT2D eigenvalue weighted by molar-refractivity contribution is -0.189. The number of ether oxygens (including phenoxy) is 1. The molecule has 2 atom stereocenters. The molecule has 0 amide bonds. The first kappa shape index (κ1) is 14.3. The number of rotatable bonds is 3. The number of hydrogen-bond acceptors (Lipinski definition) is 2. The highest BCUT2D eigenvalue weighted by Gasteiger charge is 2.38. The predicted octanol–water partition coefficient (Wildman–Crippen LogP) is 3.80. The molecule has 17 heavy (non-hydrogen) atoms. The zero-order valence-corrected chi connectivity index (χ0v) is 11.0. The van der Waals surface area contributed by atoms with E-state index < -0.39 is 12.3 Å². The quantitative estimate of drug-likeness (QED) is 0.921. The number of hydrogen-bond donors (Lipinski definition) is 1. The maximum atomic E-state index is 12.3. The molecule has 0 spiro atoms. The van der Waals surface area contributed by atoms with E-state index in [9.17, 15) is 13.2 Å². The summed E-state index contributed by atoms with van der Waals surface area (Å²) in [6, 6.07) is 4.42. The van der Waals surface area contributed by atoms with Crippen LogP contribution in [0.1, 0.15) is 25.5 Å². The van der Waals surface area contributed by atoms with Gasteiger partial charge in [0.2, 0.25) is 0 Å². The Kier molecular flexibility index (Phi) is 4.43. The molecule has 0 radical (unpaired) electrons. The Hall–Kier alpha value is -0.750. The van der Waals surface area contributed by atoms with Gasteiger partial charge in [-0.15, -0.1) is 0 Å². The number of nitrogens with two attached hydrogens (primary N) is 1. The second-order valence-corrected chi connectivity index (χ2v) is 4.63. The fourth-order valence-electron chi connectivity index (χ4n) is 1.22. The summed E-state index contributed by atoms with van der Waals surface area (Å²) in [5, 5.41) is 0. The van der Waals surface area contributed by atoms with Crippen LogP contribution in [0.3, 0.4) is 0 Å². The van der Waals surface area contributed by atoms with Crippen molar-refractivity contribution in [2.24, 2.45) is 5.73 Å². The van der Waals surface area contributed by atoms with E-state index in [0.717, 1.165) is 12.5 Å². The van der Waals surface area contributed by atoms with Crippen LogP contribution in [0.4, 0.5) is 13.2 Å². The molecule has 1 aromatic rings. The Balaban J connectivity index is 2.85. The summed E-state index contributed by atoms with van der Waals surface area (Å²) in [7, 11) is 0. The van der Waals surface area contributed by atoms with Crippen LogP contribution >= 0.6 is 15.9 Å². The summed E-state index contributed by atoms with van der Waals surface area (Å²) < 4.78 is 42.3. The Labute approximate surface area is 106 Å². The predicted molar refractivity (Wildman–Crippen MR) is 62.9 cm³/mol. The van der Waals surface area contributed by atoms with Crippen LogP contribution in [0.2, 0.25) is 0 Å². The zero-order chi connectivity index (χ0) is 13.2. The lowest BCUT2D eigenvalue weighted by Gasteiger charge is -2.18. The van der Waals surface area contributed by atoms with Crippen LogP contribution in [0.5, 0.6) is 5.75 Å². The minimum absolute atomic E-state index is 0.158. The van der Waals surface area contributed by atoms with Gasteiger partial charge in [0, 0.05) is 10.5 Å². The minimum Gasteiger partial charge on any atom is -0.481 e. The topological polar surface area (TPSA) is 35.2 Å². The van der Waals surface area contributed by atoms with Crippen molar-refractivity contribution in [3.05, 3.63) is 28.2 Å². The van der Waals surface area contributed by atoms with Crippen molar-refractivity contribution in [2.75, 3.05) is 0 Å². The van der Waals surface area contributed by atoms with Crippen LogP contribution in [0.15, 0.2) is 22.7 Å². The van der Waals surface area contributed by atoms with E-state index in [4.69, 9.17) is 10.5 Å². The SMILES string of the molecule is CC(Oc1ccc([C@@H](C)N)c(Br)c1)C(F)(F)F. The molecule has 1 unspecified atom stereocenters. The number of benzene rings is 1. The van der Waals surface area contributed by atoms with E-state index in [1.165, 1.54) is 12.1 Å². The van der Waals surface area contributed by atoms with Crippen molar-refractivity contribution < 1.29 is 17.9 Å². The monoisotopic (exact) mass is 311 g/mol. The molecule has 1 rings (SSSR count). The Morgan fingerprint density at radius 2 is 1.88 bits per heavy atom. The van der Waals surface area contributed by atoms with E-state index >= 15 is 0 Å². The molecule has 0 saturated carbocycles. The molecule has 2 nitrogen and oxygen atoms in total. The van der Waals surface area contributed by atoms with Crippen molar-refractivity contribution in [1.82, 2.24) is 0 Å². The van der Waals surface area contributed by atoms with Gasteiger partial charge in [0.1, 0.15) is 5.75 Å². The highest BCUT2D eigenvalue weighted by atomic mass is 79.9. The molecule has 0 saturated heterocycles. The highest BCUT2D eigenvalue weighted by Crippen LogP contribution is 2.29. The number of alkyl halides is 3. The maximum Gasteiger partial charge on any atom is 0.425 e. The average Bonchev–Trinajstić information content (AvgIpc) is 2.15. The van der Waals surface area contributed by atoms with Crippen molar-refractivity contribution in [3.8, 4) is 5.75 Å². The van der Waals surface area contributed by atoms with Gasteiger partial charge >= 0.3 is 6.18 Å². The Morgan fingerprint density at radius 3 is 2.29 bits per heavy atom. The first-order valence-electron chi connectivity index (χ1n) is 5.00. The van der Waals surface area contributed by atoms with E-state index in [1.807, 2.05) is 0 Å². The normalized spacial score (nSPS) is 15.5. The largest absolute Gasteiger partial charge is 0.481 e. The fraction of sp³-hybridized carbons (Fsp3) is 0.455. The molecule has 2 N–H and O–H groups in total. The van der Waals surface area contributed by atoms with Gasteiger partial charge in [0.15, 0.2) is 6.10 Å². The smallest absolute Gasteiger partial charge is 0.425 e. The molecular formula is C11H13BrF3NO. The highest BCUT2D eigenvalue weighted by molar-refractivity contribution is 9.10. The summed E-state index contributed by atoms with van der Waals surface area (Å²) in [6.07, 6.45) is -6.21. The summed E-state index contributed by atoms with van der Waals surface area (Å²) >= 11 is 3.25. The van der Waals surface area contributed by atoms with Crippen LogP contribution in [0, 0.1) is 0 Å². The third-order valence-corrected chi connectivity index (χ3v) is 2.92. The van der Waals surface area contributed by atoms with Crippen molar-refractivity contribution in [2.45, 2.75) is 32.2 Å². The van der Waals surface area contributed by atoms with Gasteiger partial charge in [0.05, 0.1) is 0 Å². The van der Waals surface area contributed by atoms with E-state index in [1.54, 1.807) is 13.0 Å². The van der Waals surface area contributed by atoms with Gasteiger partial charge < -0.3 is 10.5 Å². The average molecular weight is 312 g/mol. The van der Waals surface area contributed by atoms with Crippen LogP contribution in [0.25, 0.3) is 0 Å². The van der Waals surface area contributed by atoms with Crippen molar-refractivity contribution in [1.29, 1.82) is 0 Å². The third kappa shape index (κ3) is 3.89. The first-order chi connectivity index (χ1) is 7.71. The fourth-order valence-corrected chi connectivity index (χ4v) is 1.94. The lowest BCUT2D eigenvalue weighted by atomic mass is 10.1. The standard InChI is InChI=1S/C11H13BrF3NO/c1-6(16)9-4-3-8(5-10(9)12)17-7(2)11(13,14)15/h3-7H,16H2,1-2H3/t6-,7?/m1/s1. The van der Waals surface area contributed by atoms with Crippen molar-refractivity contribution in [3.63, 3.8) is 0 Å². The molecule has 0 aliphatic rings. The van der Waals surface area contributed by atoms with Gasteiger partial charge in [-0.1, -0.05) is 22.0 Å². The van der Waals surface area contributed by atoms with Crippen LogP contribution in [-0.2, 0) is 0 Å². The lowest BCUT2D eigenvalue weighted by Crippen LogP contribution is -2.31. The van der Waals surface area contributed by atoms with E-state index in [2.05, 4.69) is 15.9 Å². The van der Waals surface area contributed by atoms with E-state index in [0.29, 0.717) is 4.47 Å². The molecule has 0 aliphatic heterocycles. The molecule has 6 heteroatoms. The molecule has 0 bridgehead atoms. The van der Waals surface area contributed by atoms with Crippen LogP contribution < -0.4 is 10.5 Å². The third-order valence-electron chi connectivity index (χ3n) is 2.24. The van der Waals surface area contributed by atoms with Gasteiger partial charge in [-0.05, 0) is 31.5 Å². The molecule has 1 aromatic carbocycles.